The van der Waals surface area contributed by atoms with Crippen LogP contribution in [0.5, 0.6) is 5.75 Å². The highest BCUT2D eigenvalue weighted by Crippen LogP contribution is 2.20. The van der Waals surface area contributed by atoms with Gasteiger partial charge in [0.2, 0.25) is 0 Å². The van der Waals surface area contributed by atoms with E-state index in [4.69, 9.17) is 17.0 Å². The van der Waals surface area contributed by atoms with Gasteiger partial charge >= 0.3 is 0 Å². The van der Waals surface area contributed by atoms with Crippen LogP contribution in [-0.4, -0.2) is 19.3 Å². The van der Waals surface area contributed by atoms with Gasteiger partial charge in [0, 0.05) is 18.8 Å². The number of nitrogens with one attached hydrogen (secondary N) is 2. The molecule has 5 heteroatoms. The van der Waals surface area contributed by atoms with E-state index in [1.807, 2.05) is 0 Å². The summed E-state index contributed by atoms with van der Waals surface area (Å²) >= 11 is 4.87. The minimum atomic E-state index is -0.420. The van der Waals surface area contributed by atoms with E-state index in [0.29, 0.717) is 10.8 Å². The molecule has 76 valence electrons. The zero-order chi connectivity index (χ0) is 10.6. The molecule has 0 aliphatic carbocycles. The van der Waals surface area contributed by atoms with E-state index in [0.717, 1.165) is 0 Å². The molecule has 0 spiro atoms. The Morgan fingerprint density at radius 1 is 1.50 bits per heavy atom. The minimum absolute atomic E-state index is 0.214. The summed E-state index contributed by atoms with van der Waals surface area (Å²) in [5.41, 5.74) is 0.586. The van der Waals surface area contributed by atoms with Crippen LogP contribution in [0.3, 0.4) is 0 Å². The van der Waals surface area contributed by atoms with Gasteiger partial charge in [-0.3, -0.25) is 0 Å². The van der Waals surface area contributed by atoms with Crippen LogP contribution in [0.1, 0.15) is 0 Å². The summed E-state index contributed by atoms with van der Waals surface area (Å²) < 4.78 is 18.0. The maximum atomic E-state index is 13.2. The summed E-state index contributed by atoms with van der Waals surface area (Å²) in [6.45, 7) is 0. The fourth-order valence-electron chi connectivity index (χ4n) is 0.938. The van der Waals surface area contributed by atoms with Gasteiger partial charge in [-0.15, -0.1) is 0 Å². The van der Waals surface area contributed by atoms with Crippen molar-refractivity contribution in [3.8, 4) is 5.75 Å². The van der Waals surface area contributed by atoms with Crippen molar-refractivity contribution in [2.24, 2.45) is 0 Å². The standard InChI is InChI=1S/C9H11FN2OS/c1-11-9(14)12-6-3-4-8(13-2)7(10)5-6/h3-5H,1-2H3,(H2,11,12,14). The summed E-state index contributed by atoms with van der Waals surface area (Å²) in [5, 5.41) is 5.98. The molecular formula is C9H11FN2OS. The molecule has 0 amide bonds. The Kier molecular flexibility index (Phi) is 3.64. The number of methoxy groups -OCH3 is 1. The van der Waals surface area contributed by atoms with E-state index < -0.39 is 5.82 Å². The Morgan fingerprint density at radius 3 is 2.71 bits per heavy atom. The zero-order valence-corrected chi connectivity index (χ0v) is 8.74. The molecule has 14 heavy (non-hydrogen) atoms. The normalized spacial score (nSPS) is 9.36. The average molecular weight is 214 g/mol. The van der Waals surface area contributed by atoms with Gasteiger partial charge in [-0.25, -0.2) is 4.39 Å². The van der Waals surface area contributed by atoms with Gasteiger partial charge < -0.3 is 15.4 Å². The second kappa shape index (κ2) is 4.76. The van der Waals surface area contributed by atoms with E-state index in [2.05, 4.69) is 10.6 Å². The molecule has 0 atom stereocenters. The van der Waals surface area contributed by atoms with E-state index in [-0.39, 0.29) is 5.75 Å². The predicted molar refractivity (Wildman–Crippen MR) is 58.2 cm³/mol. The highest BCUT2D eigenvalue weighted by Gasteiger charge is 2.03. The van der Waals surface area contributed by atoms with Gasteiger partial charge in [0.05, 0.1) is 7.11 Å². The van der Waals surface area contributed by atoms with E-state index in [9.17, 15) is 4.39 Å². The second-order valence-corrected chi connectivity index (χ2v) is 2.96. The van der Waals surface area contributed by atoms with Crippen LogP contribution >= 0.6 is 12.2 Å². The molecule has 1 aromatic rings. The predicted octanol–water partition coefficient (Wildman–Crippen LogP) is 1.75. The van der Waals surface area contributed by atoms with Crippen molar-refractivity contribution in [3.63, 3.8) is 0 Å². The molecule has 0 aliphatic rings. The Bertz CT molecular complexity index is 344. The quantitative estimate of drug-likeness (QED) is 0.735. The molecule has 0 saturated heterocycles. The number of thiocarbonyl (C=S) groups is 1. The average Bonchev–Trinajstić information content (AvgIpc) is 2.18. The molecule has 0 aliphatic heterocycles. The molecule has 1 aromatic carbocycles. The number of hydrogen-bond donors (Lipinski definition) is 2. The first-order valence-corrected chi connectivity index (χ1v) is 4.40. The van der Waals surface area contributed by atoms with Crippen LogP contribution in [-0.2, 0) is 0 Å². The van der Waals surface area contributed by atoms with Crippen molar-refractivity contribution in [3.05, 3.63) is 24.0 Å². The highest BCUT2D eigenvalue weighted by atomic mass is 32.1. The van der Waals surface area contributed by atoms with Gasteiger partial charge in [-0.1, -0.05) is 0 Å². The first kappa shape index (κ1) is 10.7. The summed E-state index contributed by atoms with van der Waals surface area (Å²) in [6.07, 6.45) is 0. The number of anilines is 1. The molecule has 0 bridgehead atoms. The molecule has 0 fully saturated rings. The summed E-state index contributed by atoms with van der Waals surface area (Å²) in [4.78, 5) is 0. The lowest BCUT2D eigenvalue weighted by molar-refractivity contribution is 0.387. The second-order valence-electron chi connectivity index (χ2n) is 2.55. The molecule has 2 N–H and O–H groups in total. The largest absolute Gasteiger partial charge is 0.494 e. The van der Waals surface area contributed by atoms with Crippen molar-refractivity contribution < 1.29 is 9.13 Å². The Labute approximate surface area is 87.3 Å². The molecule has 0 heterocycles. The number of ether oxygens (including phenoxy) is 1. The van der Waals surface area contributed by atoms with Crippen LogP contribution in [0.2, 0.25) is 0 Å². The Balaban J connectivity index is 2.81. The van der Waals surface area contributed by atoms with Crippen molar-refractivity contribution in [2.45, 2.75) is 0 Å². The number of rotatable bonds is 2. The summed E-state index contributed by atoms with van der Waals surface area (Å²) in [5.74, 6) is -0.206. The van der Waals surface area contributed by atoms with Gasteiger partial charge in [0.15, 0.2) is 16.7 Å². The van der Waals surface area contributed by atoms with Crippen LogP contribution < -0.4 is 15.4 Å². The smallest absolute Gasteiger partial charge is 0.170 e. The molecule has 1 rings (SSSR count). The summed E-state index contributed by atoms with van der Waals surface area (Å²) in [7, 11) is 3.11. The number of benzene rings is 1. The van der Waals surface area contributed by atoms with Crippen LogP contribution in [0.15, 0.2) is 18.2 Å². The lowest BCUT2D eigenvalue weighted by Crippen LogP contribution is -2.24. The SMILES string of the molecule is CNC(=S)Nc1ccc(OC)c(F)c1. The Morgan fingerprint density at radius 2 is 2.21 bits per heavy atom. The lowest BCUT2D eigenvalue weighted by Gasteiger charge is -2.08. The zero-order valence-electron chi connectivity index (χ0n) is 7.93. The minimum Gasteiger partial charge on any atom is -0.494 e. The van der Waals surface area contributed by atoms with Crippen molar-refractivity contribution >= 4 is 23.0 Å². The summed E-state index contributed by atoms with van der Waals surface area (Å²) in [6, 6.07) is 4.55. The third-order valence-electron chi connectivity index (χ3n) is 1.64. The molecule has 0 aromatic heterocycles. The van der Waals surface area contributed by atoms with E-state index in [1.165, 1.54) is 19.2 Å². The molecular weight excluding hydrogens is 203 g/mol. The maximum Gasteiger partial charge on any atom is 0.170 e. The van der Waals surface area contributed by atoms with Gasteiger partial charge in [0.1, 0.15) is 0 Å². The third kappa shape index (κ3) is 2.56. The van der Waals surface area contributed by atoms with Crippen molar-refractivity contribution in [2.75, 3.05) is 19.5 Å². The van der Waals surface area contributed by atoms with Gasteiger partial charge in [-0.05, 0) is 24.4 Å². The lowest BCUT2D eigenvalue weighted by atomic mass is 10.3. The van der Waals surface area contributed by atoms with Crippen molar-refractivity contribution in [1.82, 2.24) is 5.32 Å². The number of halogens is 1. The van der Waals surface area contributed by atoms with Crippen LogP contribution in [0.25, 0.3) is 0 Å². The monoisotopic (exact) mass is 214 g/mol. The topological polar surface area (TPSA) is 33.3 Å². The molecule has 0 radical (unpaired) electrons. The van der Waals surface area contributed by atoms with Crippen molar-refractivity contribution in [1.29, 1.82) is 0 Å². The van der Waals surface area contributed by atoms with E-state index >= 15 is 0 Å². The van der Waals surface area contributed by atoms with Gasteiger partial charge in [-0.2, -0.15) is 0 Å². The third-order valence-corrected chi connectivity index (χ3v) is 1.94. The van der Waals surface area contributed by atoms with Gasteiger partial charge in [0.25, 0.3) is 0 Å². The molecule has 0 saturated carbocycles. The fourth-order valence-corrected chi connectivity index (χ4v) is 1.06. The molecule has 3 nitrogen and oxygen atoms in total. The van der Waals surface area contributed by atoms with Crippen LogP contribution in [0, 0.1) is 5.82 Å². The number of hydrogen-bond acceptors (Lipinski definition) is 2. The Hall–Kier alpha value is -1.36. The maximum absolute atomic E-state index is 13.2. The molecule has 0 unspecified atom stereocenters. The first-order chi connectivity index (χ1) is 6.67. The first-order valence-electron chi connectivity index (χ1n) is 3.99. The van der Waals surface area contributed by atoms with E-state index in [1.54, 1.807) is 13.1 Å². The fraction of sp³-hybridized carbons (Fsp3) is 0.222. The van der Waals surface area contributed by atoms with Crippen LogP contribution in [0.4, 0.5) is 10.1 Å². The highest BCUT2D eigenvalue weighted by molar-refractivity contribution is 7.80.